The fraction of sp³-hybridized carbons (Fsp3) is 0.391. The van der Waals surface area contributed by atoms with Crippen LogP contribution in [0.4, 0.5) is 23.2 Å². The number of hydrogen-bond acceptors (Lipinski definition) is 7. The van der Waals surface area contributed by atoms with Crippen LogP contribution in [-0.2, 0) is 17.9 Å². The molecule has 0 bridgehead atoms. The lowest BCUT2D eigenvalue weighted by molar-refractivity contribution is -0.189. The summed E-state index contributed by atoms with van der Waals surface area (Å²) in [6.45, 7) is 3.07. The molecule has 10 nitrogen and oxygen atoms in total. The lowest BCUT2D eigenvalue weighted by atomic mass is 10.1. The molecule has 198 valence electrons. The molecule has 1 aliphatic heterocycles. The molecule has 0 saturated heterocycles. The van der Waals surface area contributed by atoms with Gasteiger partial charge in [0.2, 0.25) is 5.88 Å². The standard InChI is InChI=1S/C23H23F4N5O5/c1-12-5-6-28-21(35-3)19(12)29-20(33)14-9-15(24)16(10-17(14)37-13(2)23(25,26)27)32-22(34)31-7-4-8-36-11-18(31)30-32/h5-6,9-10,13H,4,7-8,11H2,1-3H3,(H,29,33)/t13-/m0/s1. The van der Waals surface area contributed by atoms with E-state index >= 15 is 4.39 Å². The van der Waals surface area contributed by atoms with Gasteiger partial charge in [0.25, 0.3) is 5.91 Å². The van der Waals surface area contributed by atoms with Crippen molar-refractivity contribution < 1.29 is 36.6 Å². The number of carbonyl (C=O) groups excluding carboxylic acids is 1. The molecule has 1 aliphatic rings. The molecule has 4 rings (SSSR count). The third-order valence-electron chi connectivity index (χ3n) is 5.68. The Morgan fingerprint density at radius 3 is 2.76 bits per heavy atom. The van der Waals surface area contributed by atoms with Gasteiger partial charge in [-0.05, 0) is 38.0 Å². The molecular formula is C23H23F4N5O5. The molecule has 1 atom stereocenters. The smallest absolute Gasteiger partial charge is 0.425 e. The molecule has 0 fully saturated rings. The van der Waals surface area contributed by atoms with E-state index in [1.54, 1.807) is 13.0 Å². The van der Waals surface area contributed by atoms with Gasteiger partial charge in [-0.2, -0.15) is 17.9 Å². The van der Waals surface area contributed by atoms with Crippen LogP contribution in [0.1, 0.15) is 35.1 Å². The van der Waals surface area contributed by atoms with Crippen molar-refractivity contribution in [2.24, 2.45) is 0 Å². The van der Waals surface area contributed by atoms with Crippen LogP contribution in [0.15, 0.2) is 29.2 Å². The highest BCUT2D eigenvalue weighted by Gasteiger charge is 2.39. The predicted molar refractivity (Wildman–Crippen MR) is 122 cm³/mol. The van der Waals surface area contributed by atoms with Crippen molar-refractivity contribution in [2.45, 2.75) is 45.7 Å². The van der Waals surface area contributed by atoms with Gasteiger partial charge in [0.15, 0.2) is 11.9 Å². The number of halogens is 4. The summed E-state index contributed by atoms with van der Waals surface area (Å²) in [4.78, 5) is 30.0. The molecule has 3 aromatic rings. The second-order valence-corrected chi connectivity index (χ2v) is 8.24. The van der Waals surface area contributed by atoms with Crippen molar-refractivity contribution in [3.63, 3.8) is 0 Å². The molecule has 3 heterocycles. The maximum atomic E-state index is 15.3. The summed E-state index contributed by atoms with van der Waals surface area (Å²) in [5.41, 5.74) is -1.05. The number of alkyl halides is 3. The van der Waals surface area contributed by atoms with Gasteiger partial charge in [-0.25, -0.2) is 14.2 Å². The molecule has 0 spiro atoms. The number of nitrogens with one attached hydrogen (secondary N) is 1. The summed E-state index contributed by atoms with van der Waals surface area (Å²) in [5.74, 6) is -2.39. The average Bonchev–Trinajstić information content (AvgIpc) is 3.00. The highest BCUT2D eigenvalue weighted by atomic mass is 19.4. The zero-order valence-electron chi connectivity index (χ0n) is 20.1. The van der Waals surface area contributed by atoms with E-state index in [9.17, 15) is 22.8 Å². The molecule has 0 unspecified atom stereocenters. The molecule has 1 N–H and O–H groups in total. The van der Waals surface area contributed by atoms with Crippen molar-refractivity contribution in [2.75, 3.05) is 19.0 Å². The Balaban J connectivity index is 1.80. The van der Waals surface area contributed by atoms with Gasteiger partial charge in [-0.3, -0.25) is 9.36 Å². The maximum absolute atomic E-state index is 15.3. The van der Waals surface area contributed by atoms with Crippen LogP contribution >= 0.6 is 0 Å². The Morgan fingerprint density at radius 2 is 2.05 bits per heavy atom. The van der Waals surface area contributed by atoms with Crippen molar-refractivity contribution in [1.29, 1.82) is 0 Å². The molecule has 37 heavy (non-hydrogen) atoms. The first-order valence-corrected chi connectivity index (χ1v) is 11.2. The molecular weight excluding hydrogens is 502 g/mol. The van der Waals surface area contributed by atoms with E-state index in [1.807, 2.05) is 0 Å². The van der Waals surface area contributed by atoms with Crippen LogP contribution in [0.25, 0.3) is 5.69 Å². The number of nitrogens with zero attached hydrogens (tertiary/aromatic N) is 4. The number of anilines is 1. The number of aryl methyl sites for hydroxylation is 1. The van der Waals surface area contributed by atoms with Crippen molar-refractivity contribution in [3.8, 4) is 17.3 Å². The van der Waals surface area contributed by atoms with Crippen molar-refractivity contribution in [1.82, 2.24) is 19.3 Å². The van der Waals surface area contributed by atoms with Gasteiger partial charge in [0.1, 0.15) is 29.5 Å². The van der Waals surface area contributed by atoms with E-state index < -0.39 is 46.7 Å². The summed E-state index contributed by atoms with van der Waals surface area (Å²) in [6, 6.07) is 3.10. The van der Waals surface area contributed by atoms with Crippen LogP contribution in [-0.4, -0.2) is 51.2 Å². The zero-order chi connectivity index (χ0) is 26.9. The summed E-state index contributed by atoms with van der Waals surface area (Å²) < 4.78 is 72.8. The van der Waals surface area contributed by atoms with Crippen LogP contribution in [0.3, 0.4) is 0 Å². The van der Waals surface area contributed by atoms with E-state index in [1.165, 1.54) is 17.9 Å². The van der Waals surface area contributed by atoms with Gasteiger partial charge in [-0.1, -0.05) is 0 Å². The summed E-state index contributed by atoms with van der Waals surface area (Å²) in [7, 11) is 1.32. The molecule has 1 aromatic carbocycles. The van der Waals surface area contributed by atoms with Crippen LogP contribution in [0, 0.1) is 12.7 Å². The number of aromatic nitrogens is 4. The zero-order valence-corrected chi connectivity index (χ0v) is 20.1. The predicted octanol–water partition coefficient (Wildman–Crippen LogP) is 3.39. The summed E-state index contributed by atoms with van der Waals surface area (Å²) >= 11 is 0. The van der Waals surface area contributed by atoms with E-state index in [0.717, 1.165) is 13.0 Å². The number of hydrogen-bond donors (Lipinski definition) is 1. The van der Waals surface area contributed by atoms with Crippen molar-refractivity contribution >= 4 is 11.6 Å². The monoisotopic (exact) mass is 525 g/mol. The first-order chi connectivity index (χ1) is 17.5. The Hall–Kier alpha value is -3.94. The number of ether oxygens (including phenoxy) is 3. The SMILES string of the molecule is COc1nccc(C)c1NC(=O)c1cc(F)c(-n2nc3n(c2=O)CCCOC3)cc1O[C@@H](C)C(F)(F)F. The number of methoxy groups -OCH3 is 1. The van der Waals surface area contributed by atoms with E-state index in [-0.39, 0.29) is 30.5 Å². The minimum atomic E-state index is -4.79. The van der Waals surface area contributed by atoms with E-state index in [4.69, 9.17) is 14.2 Å². The molecule has 0 radical (unpaired) electrons. The number of carbonyl (C=O) groups is 1. The summed E-state index contributed by atoms with van der Waals surface area (Å²) in [5, 5.41) is 6.57. The largest absolute Gasteiger partial charge is 0.480 e. The van der Waals surface area contributed by atoms with E-state index in [2.05, 4.69) is 15.4 Å². The molecule has 14 heteroatoms. The van der Waals surface area contributed by atoms with Gasteiger partial charge >= 0.3 is 11.9 Å². The Bertz CT molecular complexity index is 1390. The Morgan fingerprint density at radius 1 is 1.30 bits per heavy atom. The third-order valence-corrected chi connectivity index (χ3v) is 5.68. The van der Waals surface area contributed by atoms with Gasteiger partial charge in [0.05, 0.1) is 12.7 Å². The number of pyridine rings is 1. The maximum Gasteiger partial charge on any atom is 0.425 e. The van der Waals surface area contributed by atoms with Crippen LogP contribution in [0.2, 0.25) is 0 Å². The number of benzene rings is 1. The Labute approximate surface area is 207 Å². The number of rotatable bonds is 6. The molecule has 0 aliphatic carbocycles. The first-order valence-electron chi connectivity index (χ1n) is 11.2. The van der Waals surface area contributed by atoms with Gasteiger partial charge in [0, 0.05) is 25.4 Å². The minimum Gasteiger partial charge on any atom is -0.480 e. The van der Waals surface area contributed by atoms with Crippen molar-refractivity contribution in [3.05, 3.63) is 57.6 Å². The lowest BCUT2D eigenvalue weighted by Gasteiger charge is -2.21. The van der Waals surface area contributed by atoms with Gasteiger partial charge in [-0.15, -0.1) is 5.10 Å². The Kier molecular flexibility index (Phi) is 7.21. The fourth-order valence-corrected chi connectivity index (χ4v) is 3.67. The number of fused-ring (bicyclic) bond motifs is 1. The van der Waals surface area contributed by atoms with E-state index in [0.29, 0.717) is 29.3 Å². The van der Waals surface area contributed by atoms with Crippen LogP contribution < -0.4 is 20.5 Å². The first kappa shape index (κ1) is 26.1. The average molecular weight is 525 g/mol. The number of amides is 1. The third kappa shape index (κ3) is 5.28. The second-order valence-electron chi connectivity index (χ2n) is 8.24. The topological polar surface area (TPSA) is 110 Å². The summed E-state index contributed by atoms with van der Waals surface area (Å²) in [6.07, 6.45) is -5.18. The molecule has 0 saturated carbocycles. The highest BCUT2D eigenvalue weighted by Crippen LogP contribution is 2.32. The molecule has 2 aromatic heterocycles. The lowest BCUT2D eigenvalue weighted by Crippen LogP contribution is -2.32. The minimum absolute atomic E-state index is 0.00507. The highest BCUT2D eigenvalue weighted by molar-refractivity contribution is 6.07. The molecule has 1 amide bonds. The second kappa shape index (κ2) is 10.2. The van der Waals surface area contributed by atoms with Crippen LogP contribution in [0.5, 0.6) is 11.6 Å². The quantitative estimate of drug-likeness (QED) is 0.492. The fourth-order valence-electron chi connectivity index (χ4n) is 3.67. The normalized spacial score (nSPS) is 14.5. The van der Waals surface area contributed by atoms with Gasteiger partial charge < -0.3 is 19.5 Å².